The average molecular weight is 845 g/mol. The van der Waals surface area contributed by atoms with Crippen LogP contribution < -0.4 is 9.30 Å². The Morgan fingerprint density at radius 2 is 1.23 bits per heavy atom. The molecule has 0 aliphatic carbocycles. The van der Waals surface area contributed by atoms with E-state index in [0.717, 1.165) is 21.9 Å². The highest BCUT2D eigenvalue weighted by molar-refractivity contribution is 6.09. The standard InChI is InChI=1S/C59H46N4O/c1-40-51(43-23-12-7-13-24-43)36-45(37-56(40)64-46-31-32-50-49-25-14-15-28-52(49)63(55(50)38-46)57-35-44(33-34-60-57)59(2,3)4)61-39-62(54-30-17-16-29-53(54)61)58-47(41-19-8-5-9-20-41)26-18-27-48(58)42-21-10-6-11-22-42/h5-38H,1-4H3/i1D3,5D,6D,7D,8D,9D,10D,11D,12D,13D,19D,20D,21D,22D,23D,24D. The number of ether oxygens (including phenoxy) is 1. The minimum Gasteiger partial charge on any atom is -0.458 e. The molecular formula is C59H46N4O. The predicted octanol–water partition coefficient (Wildman–Crippen LogP) is 14.6. The summed E-state index contributed by atoms with van der Waals surface area (Å²) in [6.07, 6.45) is 5.03. The molecule has 64 heavy (non-hydrogen) atoms. The van der Waals surface area contributed by atoms with Gasteiger partial charge in [-0.15, -0.1) is 0 Å². The molecule has 8 aromatic carbocycles. The lowest BCUT2D eigenvalue weighted by molar-refractivity contribution is -0.571. The van der Waals surface area contributed by atoms with Gasteiger partial charge in [-0.2, -0.15) is 0 Å². The molecule has 11 rings (SSSR count). The Hall–Kier alpha value is -8.02. The topological polar surface area (TPSA) is 35.9 Å². The summed E-state index contributed by atoms with van der Waals surface area (Å²) in [4.78, 5) is 4.79. The largest absolute Gasteiger partial charge is 0.458 e. The van der Waals surface area contributed by atoms with Crippen LogP contribution >= 0.6 is 0 Å². The fraction of sp³-hybridized carbons (Fsp3) is 0.0847. The Morgan fingerprint density at radius 1 is 0.609 bits per heavy atom. The smallest absolute Gasteiger partial charge is 0.269 e. The van der Waals surface area contributed by atoms with Crippen molar-refractivity contribution in [2.75, 3.05) is 0 Å². The molecule has 11 aromatic rings. The molecule has 0 atom stereocenters. The van der Waals surface area contributed by atoms with Gasteiger partial charge in [-0.1, -0.05) is 172 Å². The highest BCUT2D eigenvalue weighted by atomic mass is 16.5. The Kier molecular flexibility index (Phi) is 5.89. The zero-order chi connectivity index (χ0) is 58.9. The zero-order valence-corrected chi connectivity index (χ0v) is 34.7. The number of hydrogen-bond donors (Lipinski definition) is 0. The highest BCUT2D eigenvalue weighted by Crippen LogP contribution is 2.40. The first-order chi connectivity index (χ1) is 38.7. The zero-order valence-electron chi connectivity index (χ0n) is 52.7. The van der Waals surface area contributed by atoms with Crippen LogP contribution in [0.4, 0.5) is 0 Å². The molecule has 0 saturated carbocycles. The second-order valence-electron chi connectivity index (χ2n) is 16.1. The first-order valence-electron chi connectivity index (χ1n) is 29.4. The first-order valence-corrected chi connectivity index (χ1v) is 20.4. The molecule has 0 radical (unpaired) electrons. The van der Waals surface area contributed by atoms with Crippen molar-refractivity contribution in [3.8, 4) is 62.1 Å². The normalized spacial score (nSPS) is 15.9. The molecule has 0 bridgehead atoms. The fourth-order valence-electron chi connectivity index (χ4n) is 8.16. The minimum absolute atomic E-state index is 0.0276. The van der Waals surface area contributed by atoms with Crippen molar-refractivity contribution in [2.45, 2.75) is 33.0 Å². The number of rotatable bonds is 8. The van der Waals surface area contributed by atoms with Crippen LogP contribution in [0, 0.1) is 13.2 Å². The van der Waals surface area contributed by atoms with Crippen LogP contribution in [0.3, 0.4) is 0 Å². The third-order valence-electron chi connectivity index (χ3n) is 11.2. The van der Waals surface area contributed by atoms with E-state index >= 15 is 0 Å². The van der Waals surface area contributed by atoms with Gasteiger partial charge in [0.05, 0.1) is 54.0 Å². The van der Waals surface area contributed by atoms with Crippen LogP contribution in [0.1, 0.15) is 56.6 Å². The Morgan fingerprint density at radius 3 is 1.91 bits per heavy atom. The van der Waals surface area contributed by atoms with Gasteiger partial charge >= 0.3 is 0 Å². The minimum atomic E-state index is -3.09. The van der Waals surface area contributed by atoms with E-state index in [4.69, 9.17) is 31.7 Å². The molecule has 308 valence electrons. The van der Waals surface area contributed by atoms with Gasteiger partial charge in [-0.05, 0) is 99.2 Å². The van der Waals surface area contributed by atoms with Crippen LogP contribution in [0.2, 0.25) is 0 Å². The third-order valence-corrected chi connectivity index (χ3v) is 11.2. The lowest BCUT2D eigenvalue weighted by Crippen LogP contribution is -2.31. The van der Waals surface area contributed by atoms with Crippen molar-refractivity contribution in [3.05, 3.63) is 223 Å². The summed E-state index contributed by atoms with van der Waals surface area (Å²) >= 11 is 0. The van der Waals surface area contributed by atoms with Crippen LogP contribution in [-0.4, -0.2) is 14.1 Å². The molecule has 0 aliphatic rings. The number of nitrogens with zero attached hydrogens (tertiary/aromatic N) is 4. The van der Waals surface area contributed by atoms with Gasteiger partial charge in [0.2, 0.25) is 0 Å². The van der Waals surface area contributed by atoms with Crippen molar-refractivity contribution in [2.24, 2.45) is 0 Å². The Labute approximate surface area is 399 Å². The fourth-order valence-corrected chi connectivity index (χ4v) is 8.16. The molecule has 0 spiro atoms. The quantitative estimate of drug-likeness (QED) is 0.113. The molecule has 3 heterocycles. The van der Waals surface area contributed by atoms with Crippen molar-refractivity contribution in [3.63, 3.8) is 0 Å². The van der Waals surface area contributed by atoms with Crippen LogP contribution in [-0.2, 0) is 5.41 Å². The number of para-hydroxylation sites is 4. The van der Waals surface area contributed by atoms with Gasteiger partial charge in [0, 0.05) is 27.1 Å². The molecule has 0 amide bonds. The lowest BCUT2D eigenvalue weighted by atomic mass is 9.88. The molecule has 0 saturated heterocycles. The molecule has 5 nitrogen and oxygen atoms in total. The van der Waals surface area contributed by atoms with E-state index in [-0.39, 0.29) is 61.6 Å². The molecule has 0 fully saturated rings. The second kappa shape index (κ2) is 15.7. The summed E-state index contributed by atoms with van der Waals surface area (Å²) in [5.74, 6) is 0.437. The van der Waals surface area contributed by atoms with E-state index in [1.54, 1.807) is 42.6 Å². The molecule has 0 unspecified atom stereocenters. The summed E-state index contributed by atoms with van der Waals surface area (Å²) < 4.78 is 171. The molecule has 0 aliphatic heterocycles. The maximum Gasteiger partial charge on any atom is 0.269 e. The summed E-state index contributed by atoms with van der Waals surface area (Å²) in [5.41, 5.74) is 0.955. The van der Waals surface area contributed by atoms with Crippen molar-refractivity contribution >= 4 is 32.8 Å². The number of hydrogen-bond acceptors (Lipinski definition) is 2. The maximum absolute atomic E-state index is 9.19. The summed E-state index contributed by atoms with van der Waals surface area (Å²) in [6, 6.07) is 20.8. The second-order valence-corrected chi connectivity index (χ2v) is 16.1. The van der Waals surface area contributed by atoms with E-state index in [0.29, 0.717) is 16.9 Å². The van der Waals surface area contributed by atoms with Gasteiger partial charge < -0.3 is 4.74 Å². The predicted molar refractivity (Wildman–Crippen MR) is 262 cm³/mol. The molecule has 3 aromatic heterocycles. The van der Waals surface area contributed by atoms with E-state index in [9.17, 15) is 2.74 Å². The number of fused-ring (bicyclic) bond motifs is 4. The Balaban J connectivity index is 1.23. The summed E-state index contributed by atoms with van der Waals surface area (Å²) in [7, 11) is 0. The third kappa shape index (κ3) is 6.83. The molecule has 0 N–H and O–H groups in total. The monoisotopic (exact) mass is 844 g/mol. The van der Waals surface area contributed by atoms with E-state index in [2.05, 4.69) is 27.1 Å². The highest BCUT2D eigenvalue weighted by Gasteiger charge is 2.22. The van der Waals surface area contributed by atoms with Gasteiger partial charge in [0.25, 0.3) is 6.33 Å². The average Bonchev–Trinajstić information content (AvgIpc) is 2.20. The Bertz CT molecular complexity index is 4370. The number of pyridine rings is 1. The van der Waals surface area contributed by atoms with Gasteiger partial charge in [0.15, 0.2) is 0 Å². The number of benzene rings is 8. The number of aromatic nitrogens is 4. The molecular weight excluding hydrogens is 781 g/mol. The van der Waals surface area contributed by atoms with Gasteiger partial charge in [0.1, 0.15) is 17.3 Å². The van der Waals surface area contributed by atoms with E-state index in [1.807, 2.05) is 47.0 Å². The number of imidazole rings is 1. The maximum atomic E-state index is 9.19. The van der Waals surface area contributed by atoms with Crippen LogP contribution in [0.5, 0.6) is 11.5 Å². The van der Waals surface area contributed by atoms with Crippen LogP contribution in [0.25, 0.3) is 83.4 Å². The van der Waals surface area contributed by atoms with Crippen LogP contribution in [0.15, 0.2) is 206 Å². The van der Waals surface area contributed by atoms with E-state index < -0.39 is 109 Å². The first kappa shape index (κ1) is 24.0. The van der Waals surface area contributed by atoms with Crippen molar-refractivity contribution in [1.82, 2.24) is 14.1 Å². The van der Waals surface area contributed by atoms with Crippen molar-refractivity contribution < 1.29 is 34.0 Å². The van der Waals surface area contributed by atoms with Gasteiger partial charge in [-0.3, -0.25) is 13.7 Å². The summed E-state index contributed by atoms with van der Waals surface area (Å²) in [5, 5.41) is 1.72. The van der Waals surface area contributed by atoms with Crippen molar-refractivity contribution in [1.29, 1.82) is 0 Å². The molecule has 5 heteroatoms. The SMILES string of the molecule is [2H]c1c([2H])c([2H])c(-c2cccc(-c3c([2H])c([2H])c([2H])c([2H])c3[2H])c2-[n+]2[c-]n(-c3cc(Oc4ccc5c6ccccc6n(-c6cc(C(C)(C)C)ccn6)c5c4)c(C([2H])([2H])[2H])c(-c4c([2H])c([2H])c([2H])c([2H])c4[2H])c3)c3ccccc32)c([2H])c1[2H]. The van der Waals surface area contributed by atoms with E-state index in [1.165, 1.54) is 39.5 Å². The van der Waals surface area contributed by atoms with Gasteiger partial charge in [-0.25, -0.2) is 4.98 Å². The lowest BCUT2D eigenvalue weighted by Gasteiger charge is -2.20. The summed E-state index contributed by atoms with van der Waals surface area (Å²) in [6.45, 7) is 3.20.